The van der Waals surface area contributed by atoms with Gasteiger partial charge in [-0.25, -0.2) is 0 Å². The lowest BCUT2D eigenvalue weighted by Crippen LogP contribution is -2.01. The van der Waals surface area contributed by atoms with Crippen molar-refractivity contribution < 1.29 is 57.0 Å². The largest absolute Gasteiger partial charge is 0.497 e. The molecule has 0 spiro atoms. The minimum atomic E-state index is -0.269. The first-order chi connectivity index (χ1) is 33.6. The van der Waals surface area contributed by atoms with E-state index in [0.717, 1.165) is 0 Å². The third-order valence-electron chi connectivity index (χ3n) is 10.1. The van der Waals surface area contributed by atoms with Crippen LogP contribution in [0, 0.1) is 0 Å². The molecule has 69 heavy (non-hydrogen) atoms. The molecule has 0 aliphatic carbocycles. The van der Waals surface area contributed by atoms with Crippen molar-refractivity contribution in [1.29, 1.82) is 0 Å². The summed E-state index contributed by atoms with van der Waals surface area (Å²) in [6.07, 6.45) is 9.32. The Balaban J connectivity index is 1.09. The molecule has 0 bridgehead atoms. The van der Waals surface area contributed by atoms with Crippen LogP contribution in [-0.2, 0) is 0 Å². The summed E-state index contributed by atoms with van der Waals surface area (Å²) in [5.41, 5.74) is 3.22. The van der Waals surface area contributed by atoms with Crippen LogP contribution in [0.4, 0.5) is 0 Å². The standard InChI is InChI=1S/C54H45N3O12/c1-61-40-22-28-49(64-4)43(31-40)46(58)25-13-34-7-16-37(17-8-34)67-52-55-53(68-38-18-9-35(10-19-38)14-26-47(59)44-32-41(62-2)23-29-50(44)65-5)57-54(56-52)69-39-20-11-36(12-21-39)15-27-48(60)45-33-42(63-3)24-30-51(45)66-6/h7-33H,1-6H3/b25-13+,26-14+,27-15+. The van der Waals surface area contributed by atoms with Gasteiger partial charge in [0.2, 0.25) is 0 Å². The number of nitrogens with zero attached hydrogens (tertiary/aromatic N) is 3. The zero-order chi connectivity index (χ0) is 48.7. The van der Waals surface area contributed by atoms with Gasteiger partial charge in [0, 0.05) is 0 Å². The van der Waals surface area contributed by atoms with Gasteiger partial charge in [0.25, 0.3) is 0 Å². The van der Waals surface area contributed by atoms with E-state index in [1.165, 1.54) is 60.9 Å². The number of benzene rings is 6. The molecule has 1 aromatic heterocycles. The predicted octanol–water partition coefficient (Wildman–Crippen LogP) is 11.0. The highest BCUT2D eigenvalue weighted by molar-refractivity contribution is 6.10. The van der Waals surface area contributed by atoms with Gasteiger partial charge in [-0.2, -0.15) is 0 Å². The van der Waals surface area contributed by atoms with E-state index in [0.29, 0.717) is 85.1 Å². The van der Waals surface area contributed by atoms with E-state index < -0.39 is 0 Å². The smallest absolute Gasteiger partial charge is 0.331 e. The second-order valence-electron chi connectivity index (χ2n) is 14.5. The predicted molar refractivity (Wildman–Crippen MR) is 258 cm³/mol. The molecule has 0 radical (unpaired) electrons. The third-order valence-corrected chi connectivity index (χ3v) is 10.1. The average molecular weight is 928 g/mol. The van der Waals surface area contributed by atoms with Gasteiger partial charge in [-0.1, -0.05) is 54.6 Å². The lowest BCUT2D eigenvalue weighted by Gasteiger charge is -2.10. The van der Waals surface area contributed by atoms with E-state index >= 15 is 0 Å². The molecule has 7 rings (SSSR count). The first-order valence-electron chi connectivity index (χ1n) is 21.0. The quantitative estimate of drug-likeness (QED) is 0.0491. The van der Waals surface area contributed by atoms with Crippen LogP contribution in [0.3, 0.4) is 0 Å². The van der Waals surface area contributed by atoms with Gasteiger partial charge < -0.3 is 42.6 Å². The number of hydrogen-bond acceptors (Lipinski definition) is 15. The number of ketones is 3. The molecule has 0 atom stereocenters. The summed E-state index contributed by atoms with van der Waals surface area (Å²) in [6.45, 7) is 0. The zero-order valence-corrected chi connectivity index (χ0v) is 38.3. The molecular formula is C54H45N3O12. The number of ether oxygens (including phenoxy) is 9. The fraction of sp³-hybridized carbons (Fsp3) is 0.111. The minimum Gasteiger partial charge on any atom is -0.497 e. The number of methoxy groups -OCH3 is 6. The molecule has 15 heteroatoms. The van der Waals surface area contributed by atoms with Crippen LogP contribution in [0.1, 0.15) is 47.8 Å². The second kappa shape index (κ2) is 22.8. The van der Waals surface area contributed by atoms with Crippen LogP contribution in [0.25, 0.3) is 18.2 Å². The molecule has 0 aliphatic heterocycles. The summed E-state index contributed by atoms with van der Waals surface area (Å²) < 4.78 is 50.1. The van der Waals surface area contributed by atoms with Crippen molar-refractivity contribution in [2.24, 2.45) is 0 Å². The zero-order valence-electron chi connectivity index (χ0n) is 38.3. The summed E-state index contributed by atoms with van der Waals surface area (Å²) in [5.74, 6) is 3.15. The van der Waals surface area contributed by atoms with Crippen molar-refractivity contribution in [3.63, 3.8) is 0 Å². The number of carbonyl (C=O) groups excluding carboxylic acids is 3. The Kier molecular flexibility index (Phi) is 15.8. The molecule has 0 saturated heterocycles. The van der Waals surface area contributed by atoms with Crippen LogP contribution in [0.15, 0.2) is 146 Å². The topological polar surface area (TPSA) is 173 Å². The number of aromatic nitrogens is 3. The molecule has 0 amide bonds. The molecule has 1 heterocycles. The highest BCUT2D eigenvalue weighted by atomic mass is 16.5. The molecule has 15 nitrogen and oxygen atoms in total. The van der Waals surface area contributed by atoms with Gasteiger partial charge in [0.1, 0.15) is 51.7 Å². The Bertz CT molecular complexity index is 2700. The van der Waals surface area contributed by atoms with Crippen LogP contribution in [0.5, 0.6) is 69.8 Å². The van der Waals surface area contributed by atoms with Gasteiger partial charge in [-0.05, 0) is 126 Å². The molecule has 7 aromatic rings. The summed E-state index contributed by atoms with van der Waals surface area (Å²) in [6, 6.07) is 35.2. The van der Waals surface area contributed by atoms with Crippen LogP contribution >= 0.6 is 0 Å². The lowest BCUT2D eigenvalue weighted by molar-refractivity contribution is 0.103. The van der Waals surface area contributed by atoms with E-state index in [4.69, 9.17) is 42.6 Å². The molecule has 348 valence electrons. The Morgan fingerprint density at radius 3 is 0.812 bits per heavy atom. The highest BCUT2D eigenvalue weighted by Crippen LogP contribution is 2.31. The number of carbonyl (C=O) groups is 3. The first kappa shape index (κ1) is 47.7. The maximum atomic E-state index is 13.1. The first-order valence-corrected chi connectivity index (χ1v) is 21.0. The van der Waals surface area contributed by atoms with Crippen molar-refractivity contribution in [2.45, 2.75) is 0 Å². The highest BCUT2D eigenvalue weighted by Gasteiger charge is 2.16. The lowest BCUT2D eigenvalue weighted by atomic mass is 10.1. The summed E-state index contributed by atoms with van der Waals surface area (Å²) in [5, 5.41) is 0. The summed E-state index contributed by atoms with van der Waals surface area (Å²) in [4.78, 5) is 52.4. The van der Waals surface area contributed by atoms with E-state index in [2.05, 4.69) is 15.0 Å². The molecule has 0 N–H and O–H groups in total. The maximum Gasteiger partial charge on any atom is 0.331 e. The van der Waals surface area contributed by atoms with Crippen LogP contribution in [0.2, 0.25) is 0 Å². The Hall–Kier alpha value is -9.24. The van der Waals surface area contributed by atoms with E-state index in [1.807, 2.05) is 0 Å². The van der Waals surface area contributed by atoms with E-state index in [9.17, 15) is 14.4 Å². The van der Waals surface area contributed by atoms with Gasteiger partial charge in [-0.15, -0.1) is 15.0 Å². The van der Waals surface area contributed by atoms with Gasteiger partial charge in [0.15, 0.2) is 17.3 Å². The Morgan fingerprint density at radius 1 is 0.333 bits per heavy atom. The number of allylic oxidation sites excluding steroid dienone is 3. The van der Waals surface area contributed by atoms with Crippen molar-refractivity contribution in [3.05, 3.63) is 179 Å². The van der Waals surface area contributed by atoms with Crippen LogP contribution < -0.4 is 42.6 Å². The number of hydrogen-bond donors (Lipinski definition) is 0. The maximum absolute atomic E-state index is 13.1. The van der Waals surface area contributed by atoms with Crippen molar-refractivity contribution in [1.82, 2.24) is 15.0 Å². The van der Waals surface area contributed by atoms with E-state index in [-0.39, 0.29) is 35.4 Å². The molecular weight excluding hydrogens is 883 g/mol. The molecule has 6 aromatic carbocycles. The monoisotopic (exact) mass is 927 g/mol. The minimum absolute atomic E-state index is 0.143. The number of rotatable bonds is 21. The van der Waals surface area contributed by atoms with E-state index in [1.54, 1.807) is 146 Å². The normalized spacial score (nSPS) is 11.0. The molecule has 0 fully saturated rings. The Labute approximate surface area is 397 Å². The fourth-order valence-electron chi connectivity index (χ4n) is 6.52. The Morgan fingerprint density at radius 2 is 0.580 bits per heavy atom. The molecule has 0 aliphatic rings. The fourth-order valence-corrected chi connectivity index (χ4v) is 6.52. The average Bonchev–Trinajstić information content (AvgIpc) is 3.39. The van der Waals surface area contributed by atoms with Crippen LogP contribution in [-0.4, -0.2) is 75.0 Å². The van der Waals surface area contributed by atoms with Gasteiger partial charge in [-0.3, -0.25) is 14.4 Å². The molecule has 0 unspecified atom stereocenters. The molecule has 0 saturated carbocycles. The van der Waals surface area contributed by atoms with Crippen molar-refractivity contribution in [3.8, 4) is 69.8 Å². The van der Waals surface area contributed by atoms with Gasteiger partial charge in [0.05, 0.1) is 59.3 Å². The van der Waals surface area contributed by atoms with Crippen molar-refractivity contribution >= 4 is 35.6 Å². The second-order valence-corrected chi connectivity index (χ2v) is 14.5. The third kappa shape index (κ3) is 12.6. The van der Waals surface area contributed by atoms with Crippen molar-refractivity contribution in [2.75, 3.05) is 42.7 Å². The SMILES string of the molecule is COc1ccc(OC)c(C(=O)/C=C/c2ccc(Oc3nc(Oc4ccc(/C=C/C(=O)c5cc(OC)ccc5OC)cc4)nc(Oc4ccc(/C=C/C(=O)c5cc(OC)ccc5OC)cc4)n3)cc2)c1. The summed E-state index contributed by atoms with van der Waals surface area (Å²) >= 11 is 0. The summed E-state index contributed by atoms with van der Waals surface area (Å²) in [7, 11) is 9.06. The van der Waals surface area contributed by atoms with Gasteiger partial charge >= 0.3 is 18.0 Å².